The number of carbonyl (C=O) groups excluding carboxylic acids is 1. The molecule has 1 N–H and O–H groups in total. The zero-order chi connectivity index (χ0) is 16.6. The van der Waals surface area contributed by atoms with E-state index in [4.69, 9.17) is 4.74 Å². The first kappa shape index (κ1) is 16.1. The normalized spacial score (nSPS) is 10.9. The highest BCUT2D eigenvalue weighted by Crippen LogP contribution is 2.40. The predicted octanol–water partition coefficient (Wildman–Crippen LogP) is 3.98. The van der Waals surface area contributed by atoms with Crippen LogP contribution in [0.25, 0.3) is 21.3 Å². The van der Waals surface area contributed by atoms with Crippen molar-refractivity contribution in [3.05, 3.63) is 39.5 Å². The summed E-state index contributed by atoms with van der Waals surface area (Å²) in [6, 6.07) is 5.77. The van der Waals surface area contributed by atoms with Gasteiger partial charge >= 0.3 is 5.97 Å². The van der Waals surface area contributed by atoms with Crippen molar-refractivity contribution < 1.29 is 19.0 Å². The Morgan fingerprint density at radius 1 is 1.39 bits per heavy atom. The number of aromatic nitrogens is 2. The Kier molecular flexibility index (Phi) is 4.44. The minimum atomic E-state index is -0.693. The number of carbonyl (C=O) groups is 1. The summed E-state index contributed by atoms with van der Waals surface area (Å²) in [5.74, 6) is -1.33. The fraction of sp³-hybridized carbons (Fsp3) is 0.133. The highest BCUT2D eigenvalue weighted by molar-refractivity contribution is 14.1. The van der Waals surface area contributed by atoms with E-state index in [1.165, 1.54) is 12.1 Å². The van der Waals surface area contributed by atoms with Crippen LogP contribution in [0, 0.1) is 9.52 Å². The van der Waals surface area contributed by atoms with Gasteiger partial charge in [0.1, 0.15) is 9.52 Å². The lowest BCUT2D eigenvalue weighted by atomic mass is 10.1. The smallest absolute Gasteiger partial charge is 0.360 e. The Hall–Kier alpha value is -1.81. The highest BCUT2D eigenvalue weighted by Gasteiger charge is 2.24. The first-order valence-corrected chi connectivity index (χ1v) is 8.49. The summed E-state index contributed by atoms with van der Waals surface area (Å²) >= 11 is 3.14. The summed E-state index contributed by atoms with van der Waals surface area (Å²) in [5.41, 5.74) is 0.977. The van der Waals surface area contributed by atoms with Crippen LogP contribution in [0.2, 0.25) is 0 Å². The number of hydrogen-bond acceptors (Lipinski definition) is 6. The number of esters is 1. The molecule has 0 aliphatic carbocycles. The lowest BCUT2D eigenvalue weighted by molar-refractivity contribution is 0.0516. The van der Waals surface area contributed by atoms with Crippen molar-refractivity contribution in [2.45, 2.75) is 6.92 Å². The van der Waals surface area contributed by atoms with Crippen LogP contribution in [-0.4, -0.2) is 27.0 Å². The summed E-state index contributed by atoms with van der Waals surface area (Å²) in [4.78, 5) is 16.1. The van der Waals surface area contributed by atoms with E-state index in [0.29, 0.717) is 25.0 Å². The molecule has 118 valence electrons. The molecule has 0 aliphatic heterocycles. The summed E-state index contributed by atoms with van der Waals surface area (Å²) in [6.45, 7) is 1.86. The van der Waals surface area contributed by atoms with Crippen molar-refractivity contribution in [2.24, 2.45) is 0 Å². The SMILES string of the molecule is CCOC(=O)c1nc(I)c2snc(-c3ccc(F)cc3)c2c1O. The monoisotopic (exact) mass is 444 g/mol. The lowest BCUT2D eigenvalue weighted by Gasteiger charge is -2.07. The van der Waals surface area contributed by atoms with Gasteiger partial charge in [-0.2, -0.15) is 4.37 Å². The number of fused-ring (bicyclic) bond motifs is 1. The zero-order valence-electron chi connectivity index (χ0n) is 11.8. The van der Waals surface area contributed by atoms with Crippen LogP contribution in [0.15, 0.2) is 24.3 Å². The summed E-state index contributed by atoms with van der Waals surface area (Å²) < 4.78 is 23.6. The van der Waals surface area contributed by atoms with Crippen molar-refractivity contribution >= 4 is 50.2 Å². The molecule has 3 rings (SSSR count). The molecular weight excluding hydrogens is 434 g/mol. The highest BCUT2D eigenvalue weighted by atomic mass is 127. The second-order valence-corrected chi connectivity index (χ2v) is 6.36. The molecule has 0 aliphatic rings. The number of rotatable bonds is 3. The fourth-order valence-corrected chi connectivity index (χ4v) is 3.71. The zero-order valence-corrected chi connectivity index (χ0v) is 14.8. The predicted molar refractivity (Wildman–Crippen MR) is 93.1 cm³/mol. The van der Waals surface area contributed by atoms with Gasteiger partial charge in [-0.05, 0) is 65.3 Å². The van der Waals surface area contributed by atoms with Gasteiger partial charge in [-0.1, -0.05) is 0 Å². The van der Waals surface area contributed by atoms with E-state index in [1.807, 2.05) is 22.6 Å². The van der Waals surface area contributed by atoms with E-state index in [-0.39, 0.29) is 23.9 Å². The van der Waals surface area contributed by atoms with Crippen molar-refractivity contribution in [1.82, 2.24) is 9.36 Å². The van der Waals surface area contributed by atoms with Gasteiger partial charge in [0.2, 0.25) is 0 Å². The third-order valence-electron chi connectivity index (χ3n) is 3.14. The minimum absolute atomic E-state index is 0.146. The Labute approximate surface area is 148 Å². The Balaban J connectivity index is 2.25. The van der Waals surface area contributed by atoms with E-state index in [2.05, 4.69) is 9.36 Å². The Bertz CT molecular complexity index is 896. The second kappa shape index (κ2) is 6.36. The third kappa shape index (κ3) is 2.88. The van der Waals surface area contributed by atoms with E-state index in [0.717, 1.165) is 11.5 Å². The number of hydrogen-bond donors (Lipinski definition) is 1. The molecule has 8 heteroatoms. The molecule has 0 saturated carbocycles. The van der Waals surface area contributed by atoms with Crippen molar-refractivity contribution in [3.63, 3.8) is 0 Å². The maximum absolute atomic E-state index is 13.1. The Morgan fingerprint density at radius 2 is 2.09 bits per heavy atom. The minimum Gasteiger partial charge on any atom is -0.505 e. The number of halogens is 2. The van der Waals surface area contributed by atoms with E-state index < -0.39 is 5.97 Å². The lowest BCUT2D eigenvalue weighted by Crippen LogP contribution is -2.08. The Morgan fingerprint density at radius 3 is 2.74 bits per heavy atom. The topological polar surface area (TPSA) is 72.3 Å². The molecule has 2 aromatic heterocycles. The maximum atomic E-state index is 13.1. The van der Waals surface area contributed by atoms with Gasteiger partial charge in [-0.15, -0.1) is 0 Å². The van der Waals surface area contributed by atoms with Crippen molar-refractivity contribution in [2.75, 3.05) is 6.61 Å². The van der Waals surface area contributed by atoms with Gasteiger partial charge in [0, 0.05) is 5.56 Å². The molecule has 0 amide bonds. The standard InChI is InChI=1S/C15H10FIN2O3S/c1-2-22-15(21)11-12(20)9-10(7-3-5-8(16)6-4-7)19-23-13(9)14(17)18-11/h3-6,20H,2H2,1H3. The molecule has 0 atom stereocenters. The molecule has 0 spiro atoms. The molecule has 0 saturated heterocycles. The summed E-state index contributed by atoms with van der Waals surface area (Å²) in [5, 5.41) is 10.9. The van der Waals surface area contributed by atoms with Crippen LogP contribution in [-0.2, 0) is 4.74 Å². The van der Waals surface area contributed by atoms with Crippen LogP contribution >= 0.6 is 34.1 Å². The second-order valence-electron chi connectivity index (χ2n) is 4.56. The van der Waals surface area contributed by atoms with Gasteiger partial charge in [0.25, 0.3) is 0 Å². The van der Waals surface area contributed by atoms with Crippen LogP contribution < -0.4 is 0 Å². The average molecular weight is 444 g/mol. The molecule has 0 bridgehead atoms. The van der Waals surface area contributed by atoms with Crippen LogP contribution in [0.1, 0.15) is 17.4 Å². The number of nitrogens with zero attached hydrogens (tertiary/aromatic N) is 2. The van der Waals surface area contributed by atoms with Crippen molar-refractivity contribution in [1.29, 1.82) is 0 Å². The molecule has 23 heavy (non-hydrogen) atoms. The third-order valence-corrected chi connectivity index (χ3v) is 5.14. The summed E-state index contributed by atoms with van der Waals surface area (Å²) in [6.07, 6.45) is 0. The molecule has 3 aromatic rings. The molecular formula is C15H10FIN2O3S. The first-order valence-electron chi connectivity index (χ1n) is 6.63. The maximum Gasteiger partial charge on any atom is 0.360 e. The number of ether oxygens (including phenoxy) is 1. The largest absolute Gasteiger partial charge is 0.505 e. The molecule has 1 aromatic carbocycles. The van der Waals surface area contributed by atoms with E-state index in [1.54, 1.807) is 19.1 Å². The van der Waals surface area contributed by atoms with Crippen LogP contribution in [0.4, 0.5) is 4.39 Å². The summed E-state index contributed by atoms with van der Waals surface area (Å²) in [7, 11) is 0. The van der Waals surface area contributed by atoms with E-state index >= 15 is 0 Å². The van der Waals surface area contributed by atoms with Gasteiger partial charge < -0.3 is 9.84 Å². The van der Waals surface area contributed by atoms with Gasteiger partial charge in [-0.3, -0.25) is 0 Å². The number of aromatic hydroxyl groups is 1. The number of benzene rings is 1. The molecule has 2 heterocycles. The first-order chi connectivity index (χ1) is 11.0. The van der Waals surface area contributed by atoms with Crippen LogP contribution in [0.5, 0.6) is 5.75 Å². The van der Waals surface area contributed by atoms with Gasteiger partial charge in [-0.25, -0.2) is 14.2 Å². The van der Waals surface area contributed by atoms with Gasteiger partial charge in [0.05, 0.1) is 22.4 Å². The molecule has 0 fully saturated rings. The quantitative estimate of drug-likeness (QED) is 0.376. The van der Waals surface area contributed by atoms with Crippen LogP contribution in [0.3, 0.4) is 0 Å². The number of pyridine rings is 1. The fourth-order valence-electron chi connectivity index (χ4n) is 2.12. The molecule has 0 unspecified atom stereocenters. The molecule has 5 nitrogen and oxygen atoms in total. The van der Waals surface area contributed by atoms with Crippen molar-refractivity contribution in [3.8, 4) is 17.0 Å². The van der Waals surface area contributed by atoms with Gasteiger partial charge in [0.15, 0.2) is 11.4 Å². The average Bonchev–Trinajstić information content (AvgIpc) is 2.97. The van der Waals surface area contributed by atoms with E-state index in [9.17, 15) is 14.3 Å². The molecule has 0 radical (unpaired) electrons.